The van der Waals surface area contributed by atoms with E-state index >= 15 is 0 Å². The molecule has 1 spiro atoms. The monoisotopic (exact) mass is 363 g/mol. The third-order valence-electron chi connectivity index (χ3n) is 5.03. The van der Waals surface area contributed by atoms with Crippen LogP contribution in [0.15, 0.2) is 18.3 Å². The van der Waals surface area contributed by atoms with Gasteiger partial charge in [-0.3, -0.25) is 14.8 Å². The zero-order valence-corrected chi connectivity index (χ0v) is 14.2. The zero-order valence-electron chi connectivity index (χ0n) is 13.5. The lowest BCUT2D eigenvalue weighted by Gasteiger charge is -2.38. The number of urea groups is 1. The highest BCUT2D eigenvalue weighted by Crippen LogP contribution is 2.35. The van der Waals surface area contributed by atoms with E-state index in [1.165, 1.54) is 0 Å². The van der Waals surface area contributed by atoms with E-state index in [9.17, 15) is 9.59 Å². The summed E-state index contributed by atoms with van der Waals surface area (Å²) >= 11 is 6.20. The number of nitrogens with one attached hydrogen (secondary N) is 2. The molecule has 3 N–H and O–H groups in total. The number of hydrogen-bond donors (Lipinski definition) is 3. The van der Waals surface area contributed by atoms with E-state index in [1.807, 2.05) is 12.1 Å². The van der Waals surface area contributed by atoms with Crippen LogP contribution in [0.5, 0.6) is 0 Å². The SMILES string of the molecule is O=C1NC2(CCN(c3cc(Cl)cc4[nH]ncc34)CC2)C(=O)N1CCO. The molecule has 0 saturated carbocycles. The summed E-state index contributed by atoms with van der Waals surface area (Å²) in [6, 6.07) is 3.30. The van der Waals surface area contributed by atoms with Crippen LogP contribution >= 0.6 is 11.6 Å². The fourth-order valence-electron chi connectivity index (χ4n) is 3.71. The lowest BCUT2D eigenvalue weighted by atomic mass is 9.87. The molecule has 0 aliphatic carbocycles. The lowest BCUT2D eigenvalue weighted by molar-refractivity contribution is -0.132. The summed E-state index contributed by atoms with van der Waals surface area (Å²) in [6.45, 7) is 1.02. The Morgan fingerprint density at radius 1 is 1.28 bits per heavy atom. The van der Waals surface area contributed by atoms with Gasteiger partial charge in [-0.25, -0.2) is 4.79 Å². The highest BCUT2D eigenvalue weighted by molar-refractivity contribution is 6.31. The van der Waals surface area contributed by atoms with Crippen LogP contribution in [-0.4, -0.2) is 63.9 Å². The summed E-state index contributed by atoms with van der Waals surface area (Å²) in [4.78, 5) is 27.9. The van der Waals surface area contributed by atoms with Gasteiger partial charge in [-0.05, 0) is 25.0 Å². The van der Waals surface area contributed by atoms with E-state index < -0.39 is 11.6 Å². The minimum atomic E-state index is -0.864. The molecule has 1 aromatic carbocycles. The normalized spacial score (nSPS) is 19.9. The number of H-pyrrole nitrogens is 1. The highest BCUT2D eigenvalue weighted by Gasteiger charge is 2.52. The predicted octanol–water partition coefficient (Wildman–Crippen LogP) is 1.10. The maximum absolute atomic E-state index is 12.6. The van der Waals surface area contributed by atoms with Gasteiger partial charge in [0.1, 0.15) is 5.54 Å². The number of benzene rings is 1. The number of aromatic amines is 1. The van der Waals surface area contributed by atoms with Crippen LogP contribution in [0.3, 0.4) is 0 Å². The summed E-state index contributed by atoms with van der Waals surface area (Å²) in [7, 11) is 0. The molecule has 9 heteroatoms. The molecule has 25 heavy (non-hydrogen) atoms. The summed E-state index contributed by atoms with van der Waals surface area (Å²) in [5, 5.41) is 20.4. The van der Waals surface area contributed by atoms with Crippen LogP contribution < -0.4 is 10.2 Å². The number of piperidine rings is 1. The Balaban J connectivity index is 1.56. The quantitative estimate of drug-likeness (QED) is 0.709. The number of aromatic nitrogens is 2. The molecule has 1 aromatic heterocycles. The van der Waals surface area contributed by atoms with Gasteiger partial charge < -0.3 is 15.3 Å². The molecule has 0 atom stereocenters. The van der Waals surface area contributed by atoms with Crippen LogP contribution in [0.4, 0.5) is 10.5 Å². The maximum Gasteiger partial charge on any atom is 0.325 e. The van der Waals surface area contributed by atoms with Crippen molar-refractivity contribution in [1.29, 1.82) is 0 Å². The van der Waals surface area contributed by atoms with Crippen molar-refractivity contribution in [1.82, 2.24) is 20.4 Å². The van der Waals surface area contributed by atoms with Crippen molar-refractivity contribution in [2.75, 3.05) is 31.1 Å². The molecule has 2 saturated heterocycles. The van der Waals surface area contributed by atoms with E-state index in [0.717, 1.165) is 21.5 Å². The van der Waals surface area contributed by atoms with E-state index in [0.29, 0.717) is 31.0 Å². The van der Waals surface area contributed by atoms with E-state index in [4.69, 9.17) is 16.7 Å². The Labute approximate surface area is 148 Å². The van der Waals surface area contributed by atoms with Gasteiger partial charge in [0, 0.05) is 29.2 Å². The van der Waals surface area contributed by atoms with Gasteiger partial charge in [-0.2, -0.15) is 5.10 Å². The molecule has 8 nitrogen and oxygen atoms in total. The number of anilines is 1. The first-order valence-electron chi connectivity index (χ1n) is 8.17. The second kappa shape index (κ2) is 5.89. The van der Waals surface area contributed by atoms with E-state index in [-0.39, 0.29) is 19.1 Å². The molecule has 132 valence electrons. The van der Waals surface area contributed by atoms with Crippen LogP contribution in [0.1, 0.15) is 12.8 Å². The number of amides is 3. The number of fused-ring (bicyclic) bond motifs is 1. The number of carbonyl (C=O) groups excluding carboxylic acids is 2. The fraction of sp³-hybridized carbons (Fsp3) is 0.438. The number of hydrogen-bond acceptors (Lipinski definition) is 5. The number of rotatable bonds is 3. The van der Waals surface area contributed by atoms with Gasteiger partial charge in [0.2, 0.25) is 0 Å². The summed E-state index contributed by atoms with van der Waals surface area (Å²) < 4.78 is 0. The minimum absolute atomic E-state index is 0.0278. The number of halogens is 1. The van der Waals surface area contributed by atoms with Crippen LogP contribution in [0.2, 0.25) is 5.02 Å². The van der Waals surface area contributed by atoms with Crippen molar-refractivity contribution in [2.24, 2.45) is 0 Å². The Morgan fingerprint density at radius 2 is 2.04 bits per heavy atom. The largest absolute Gasteiger partial charge is 0.395 e. The van der Waals surface area contributed by atoms with Gasteiger partial charge in [0.15, 0.2) is 0 Å². The van der Waals surface area contributed by atoms with E-state index in [2.05, 4.69) is 20.4 Å². The lowest BCUT2D eigenvalue weighted by Crippen LogP contribution is -2.55. The second-order valence-corrected chi connectivity index (χ2v) is 6.87. The van der Waals surface area contributed by atoms with Crippen molar-refractivity contribution in [3.63, 3.8) is 0 Å². The van der Waals surface area contributed by atoms with Crippen molar-refractivity contribution < 1.29 is 14.7 Å². The summed E-state index contributed by atoms with van der Waals surface area (Å²) in [6.07, 6.45) is 2.77. The molecule has 4 rings (SSSR count). The van der Waals surface area contributed by atoms with Gasteiger partial charge >= 0.3 is 6.03 Å². The van der Waals surface area contributed by atoms with Crippen LogP contribution in [0, 0.1) is 0 Å². The Kier molecular flexibility index (Phi) is 3.81. The molecule has 2 fully saturated rings. The highest BCUT2D eigenvalue weighted by atomic mass is 35.5. The maximum atomic E-state index is 12.6. The fourth-order valence-corrected chi connectivity index (χ4v) is 3.92. The molecule has 0 bridgehead atoms. The molecule has 2 aliphatic rings. The van der Waals surface area contributed by atoms with Gasteiger partial charge in [-0.1, -0.05) is 11.6 Å². The van der Waals surface area contributed by atoms with Crippen molar-refractivity contribution >= 4 is 40.1 Å². The molecule has 2 aliphatic heterocycles. The zero-order chi connectivity index (χ0) is 17.6. The van der Waals surface area contributed by atoms with Gasteiger partial charge in [0.25, 0.3) is 5.91 Å². The first kappa shape index (κ1) is 16.2. The first-order chi connectivity index (χ1) is 12.0. The van der Waals surface area contributed by atoms with Gasteiger partial charge in [0.05, 0.1) is 24.9 Å². The Bertz CT molecular complexity index is 843. The van der Waals surface area contributed by atoms with Crippen LogP contribution in [-0.2, 0) is 4.79 Å². The standard InChI is InChI=1S/C16H18ClN5O3/c17-10-7-12-11(9-18-20-12)13(8-10)21-3-1-16(2-4-21)14(24)22(5-6-23)15(25)19-16/h7-9,23H,1-6H2,(H,18,20)(H,19,25). The third-order valence-corrected chi connectivity index (χ3v) is 5.25. The predicted molar refractivity (Wildman–Crippen MR) is 92.6 cm³/mol. The van der Waals surface area contributed by atoms with Crippen molar-refractivity contribution in [2.45, 2.75) is 18.4 Å². The molecule has 3 amide bonds. The Hall–Kier alpha value is -2.32. The molecule has 0 radical (unpaired) electrons. The second-order valence-electron chi connectivity index (χ2n) is 6.44. The molecule has 3 heterocycles. The topological polar surface area (TPSA) is 102 Å². The van der Waals surface area contributed by atoms with Crippen molar-refractivity contribution in [3.8, 4) is 0 Å². The number of imide groups is 1. The molecular formula is C16H18ClN5O3. The average molecular weight is 364 g/mol. The minimum Gasteiger partial charge on any atom is -0.395 e. The van der Waals surface area contributed by atoms with Crippen LogP contribution in [0.25, 0.3) is 10.9 Å². The number of aliphatic hydroxyl groups is 1. The number of aliphatic hydroxyl groups excluding tert-OH is 1. The van der Waals surface area contributed by atoms with Gasteiger partial charge in [-0.15, -0.1) is 0 Å². The third kappa shape index (κ3) is 2.52. The summed E-state index contributed by atoms with van der Waals surface area (Å²) in [5.74, 6) is -0.245. The molecular weight excluding hydrogens is 346 g/mol. The molecule has 0 unspecified atom stereocenters. The Morgan fingerprint density at radius 3 is 2.76 bits per heavy atom. The average Bonchev–Trinajstić information content (AvgIpc) is 3.14. The van der Waals surface area contributed by atoms with E-state index in [1.54, 1.807) is 6.20 Å². The van der Waals surface area contributed by atoms with Crippen molar-refractivity contribution in [3.05, 3.63) is 23.4 Å². The summed E-state index contributed by atoms with van der Waals surface area (Å²) in [5.41, 5.74) is 0.967. The number of carbonyl (C=O) groups is 2. The first-order valence-corrected chi connectivity index (χ1v) is 8.54. The number of nitrogens with zero attached hydrogens (tertiary/aromatic N) is 3. The number of β-amino-alcohol motifs (C(OH)–C–C–N with tert-alkyl or cyclic N) is 1. The molecule has 2 aromatic rings. The smallest absolute Gasteiger partial charge is 0.325 e.